The Kier molecular flexibility index (Phi) is 7.47. The second kappa shape index (κ2) is 10.2. The predicted octanol–water partition coefficient (Wildman–Crippen LogP) is 4.02. The molecule has 2 aliphatic heterocycles. The summed E-state index contributed by atoms with van der Waals surface area (Å²) >= 11 is 0. The van der Waals surface area contributed by atoms with Crippen LogP contribution < -0.4 is 18.9 Å². The maximum absolute atomic E-state index is 6.25. The van der Waals surface area contributed by atoms with Crippen LogP contribution in [0.4, 0.5) is 0 Å². The van der Waals surface area contributed by atoms with Gasteiger partial charge in [0.25, 0.3) is 0 Å². The van der Waals surface area contributed by atoms with Crippen LogP contribution in [-0.4, -0.2) is 66.4 Å². The molecule has 0 amide bonds. The summed E-state index contributed by atoms with van der Waals surface area (Å²) in [6.45, 7) is 5.88. The van der Waals surface area contributed by atoms with Crippen LogP contribution in [0.1, 0.15) is 25.0 Å². The van der Waals surface area contributed by atoms with Gasteiger partial charge in [-0.3, -0.25) is 0 Å². The molecule has 35 heavy (non-hydrogen) atoms. The molecule has 2 fully saturated rings. The van der Waals surface area contributed by atoms with Crippen molar-refractivity contribution in [2.45, 2.75) is 38.3 Å². The van der Waals surface area contributed by atoms with Crippen LogP contribution in [0.25, 0.3) is 0 Å². The molecule has 0 atom stereocenters. The lowest BCUT2D eigenvalue weighted by Gasteiger charge is -2.49. The van der Waals surface area contributed by atoms with Gasteiger partial charge in [-0.05, 0) is 49.2 Å². The molecule has 8 nitrogen and oxygen atoms in total. The van der Waals surface area contributed by atoms with Gasteiger partial charge in [0, 0.05) is 12.8 Å². The summed E-state index contributed by atoms with van der Waals surface area (Å²) in [5, 5.41) is 0. The number of methoxy groups -OCH3 is 4. The molecule has 0 saturated carbocycles. The zero-order chi connectivity index (χ0) is 25.1. The first-order chi connectivity index (χ1) is 16.7. The molecule has 0 aliphatic carbocycles. The van der Waals surface area contributed by atoms with Gasteiger partial charge in [-0.1, -0.05) is 12.1 Å². The lowest BCUT2D eigenvalue weighted by molar-refractivity contribution is -0.359. The highest BCUT2D eigenvalue weighted by Gasteiger charge is 2.48. The van der Waals surface area contributed by atoms with Crippen LogP contribution >= 0.6 is 0 Å². The predicted molar refractivity (Wildman–Crippen MR) is 130 cm³/mol. The molecule has 1 spiro atoms. The van der Waals surface area contributed by atoms with Gasteiger partial charge >= 0.3 is 0 Å². The van der Waals surface area contributed by atoms with E-state index in [9.17, 15) is 0 Å². The van der Waals surface area contributed by atoms with Crippen molar-refractivity contribution in [3.05, 3.63) is 47.5 Å². The maximum Gasteiger partial charge on any atom is 0.169 e. The third-order valence-corrected chi connectivity index (χ3v) is 6.68. The van der Waals surface area contributed by atoms with Crippen molar-refractivity contribution in [3.63, 3.8) is 0 Å². The fourth-order valence-corrected chi connectivity index (χ4v) is 4.48. The molecule has 4 rings (SSSR count). The maximum atomic E-state index is 6.25. The first-order valence-corrected chi connectivity index (χ1v) is 11.7. The van der Waals surface area contributed by atoms with Gasteiger partial charge in [0.05, 0.1) is 60.3 Å². The highest BCUT2D eigenvalue weighted by atomic mass is 16.7. The van der Waals surface area contributed by atoms with E-state index in [1.54, 1.807) is 28.4 Å². The van der Waals surface area contributed by atoms with Crippen molar-refractivity contribution in [3.8, 4) is 23.0 Å². The fourth-order valence-electron chi connectivity index (χ4n) is 4.48. The van der Waals surface area contributed by atoms with E-state index < -0.39 is 11.6 Å². The molecule has 0 N–H and O–H groups in total. The quantitative estimate of drug-likeness (QED) is 0.552. The van der Waals surface area contributed by atoms with Crippen LogP contribution in [0.15, 0.2) is 36.4 Å². The first-order valence-electron chi connectivity index (χ1n) is 11.7. The Morgan fingerprint density at radius 3 is 1.23 bits per heavy atom. The number of rotatable bonds is 8. The molecule has 2 aliphatic rings. The van der Waals surface area contributed by atoms with E-state index in [0.717, 1.165) is 11.1 Å². The Morgan fingerprint density at radius 2 is 0.914 bits per heavy atom. The first kappa shape index (κ1) is 25.6. The van der Waals surface area contributed by atoms with Crippen LogP contribution in [0.3, 0.4) is 0 Å². The molecule has 8 heteroatoms. The van der Waals surface area contributed by atoms with E-state index in [1.165, 1.54) is 0 Å². The van der Waals surface area contributed by atoms with Crippen LogP contribution in [0.5, 0.6) is 23.0 Å². The largest absolute Gasteiger partial charge is 0.493 e. The van der Waals surface area contributed by atoms with Crippen LogP contribution in [-0.2, 0) is 31.8 Å². The van der Waals surface area contributed by atoms with Crippen molar-refractivity contribution >= 4 is 0 Å². The molecule has 0 radical (unpaired) electrons. The lowest BCUT2D eigenvalue weighted by atomic mass is 9.88. The van der Waals surface area contributed by atoms with Crippen molar-refractivity contribution < 1.29 is 37.9 Å². The standard InChI is InChI=1S/C27H36O8/c1-25(13-19-7-9-21(28-3)23(11-19)30-5)32-15-27(16-33-25)17-34-26(2,35-18-27)14-20-8-10-22(29-4)24(12-20)31-6/h7-12H,13-18H2,1-6H3. The Balaban J connectivity index is 1.34. The van der Waals surface area contributed by atoms with Gasteiger partial charge in [0.1, 0.15) is 0 Å². The molecule has 2 aromatic carbocycles. The molecule has 0 bridgehead atoms. The Hall–Kier alpha value is -2.52. The highest BCUT2D eigenvalue weighted by molar-refractivity contribution is 5.44. The number of ether oxygens (including phenoxy) is 8. The van der Waals surface area contributed by atoms with E-state index in [1.807, 2.05) is 50.2 Å². The normalized spacial score (nSPS) is 28.5. The molecule has 2 aromatic rings. The molecule has 0 aromatic heterocycles. The molecule has 2 saturated heterocycles. The van der Waals surface area contributed by atoms with Crippen molar-refractivity contribution in [2.24, 2.45) is 5.41 Å². The van der Waals surface area contributed by atoms with Gasteiger partial charge in [-0.25, -0.2) is 0 Å². The van der Waals surface area contributed by atoms with Gasteiger partial charge in [-0.15, -0.1) is 0 Å². The van der Waals surface area contributed by atoms with Crippen molar-refractivity contribution in [1.82, 2.24) is 0 Å². The summed E-state index contributed by atoms with van der Waals surface area (Å²) in [5.41, 5.74) is 1.74. The molecule has 0 unspecified atom stereocenters. The molecule has 192 valence electrons. The minimum Gasteiger partial charge on any atom is -0.493 e. The summed E-state index contributed by atoms with van der Waals surface area (Å²) in [6, 6.07) is 11.7. The lowest BCUT2D eigenvalue weighted by Crippen LogP contribution is -2.58. The smallest absolute Gasteiger partial charge is 0.169 e. The van der Waals surface area contributed by atoms with E-state index in [-0.39, 0.29) is 5.41 Å². The average Bonchev–Trinajstić information content (AvgIpc) is 2.87. The molecular weight excluding hydrogens is 452 g/mol. The monoisotopic (exact) mass is 488 g/mol. The van der Waals surface area contributed by atoms with Gasteiger partial charge in [0.15, 0.2) is 34.6 Å². The third kappa shape index (κ3) is 5.67. The second-order valence-electron chi connectivity index (χ2n) is 9.65. The van der Waals surface area contributed by atoms with E-state index in [4.69, 9.17) is 37.9 Å². The van der Waals surface area contributed by atoms with E-state index >= 15 is 0 Å². The Labute approximate surface area is 207 Å². The zero-order valence-electron chi connectivity index (χ0n) is 21.5. The van der Waals surface area contributed by atoms with Gasteiger partial charge in [-0.2, -0.15) is 0 Å². The summed E-state index contributed by atoms with van der Waals surface area (Å²) in [7, 11) is 6.50. The summed E-state index contributed by atoms with van der Waals surface area (Å²) < 4.78 is 46.5. The fraction of sp³-hybridized carbons (Fsp3) is 0.556. The topological polar surface area (TPSA) is 73.8 Å². The van der Waals surface area contributed by atoms with Crippen LogP contribution in [0, 0.1) is 5.41 Å². The summed E-state index contributed by atoms with van der Waals surface area (Å²) in [5.74, 6) is 1.26. The van der Waals surface area contributed by atoms with Crippen molar-refractivity contribution in [2.75, 3.05) is 54.9 Å². The minimum absolute atomic E-state index is 0.339. The number of hydrogen-bond donors (Lipinski definition) is 0. The van der Waals surface area contributed by atoms with Gasteiger partial charge in [0.2, 0.25) is 0 Å². The summed E-state index contributed by atoms with van der Waals surface area (Å²) in [6.07, 6.45) is 1.17. The number of hydrogen-bond acceptors (Lipinski definition) is 8. The SMILES string of the molecule is COc1ccc(CC2(C)OCC3(CO2)COC(C)(Cc2ccc(OC)c(OC)c2)OC3)cc1OC. The zero-order valence-corrected chi connectivity index (χ0v) is 21.5. The minimum atomic E-state index is -0.745. The third-order valence-electron chi connectivity index (χ3n) is 6.68. The average molecular weight is 489 g/mol. The van der Waals surface area contributed by atoms with E-state index in [0.29, 0.717) is 62.3 Å². The molecular formula is C27H36O8. The number of benzene rings is 2. The molecule has 2 heterocycles. The van der Waals surface area contributed by atoms with E-state index in [2.05, 4.69) is 0 Å². The van der Waals surface area contributed by atoms with Crippen molar-refractivity contribution in [1.29, 1.82) is 0 Å². The Morgan fingerprint density at radius 1 is 0.571 bits per heavy atom. The highest BCUT2D eigenvalue weighted by Crippen LogP contribution is 2.40. The second-order valence-corrected chi connectivity index (χ2v) is 9.65. The Bertz CT molecular complexity index is 919. The summed E-state index contributed by atoms with van der Waals surface area (Å²) in [4.78, 5) is 0. The van der Waals surface area contributed by atoms with Crippen LogP contribution in [0.2, 0.25) is 0 Å². The van der Waals surface area contributed by atoms with Gasteiger partial charge < -0.3 is 37.9 Å².